The van der Waals surface area contributed by atoms with E-state index in [1.54, 1.807) is 25.3 Å². The summed E-state index contributed by atoms with van der Waals surface area (Å²) in [6.45, 7) is 0.185. The van der Waals surface area contributed by atoms with Crippen LogP contribution in [0.25, 0.3) is 11.4 Å². The van der Waals surface area contributed by atoms with Crippen molar-refractivity contribution in [2.45, 2.75) is 12.9 Å². The molecule has 0 fully saturated rings. The molecule has 0 aliphatic carbocycles. The molecule has 1 heterocycles. The van der Waals surface area contributed by atoms with Crippen molar-refractivity contribution < 1.29 is 31.9 Å². The van der Waals surface area contributed by atoms with Gasteiger partial charge in [-0.05, 0) is 36.4 Å². The minimum absolute atomic E-state index is 0.185. The van der Waals surface area contributed by atoms with Crippen molar-refractivity contribution in [3.63, 3.8) is 0 Å². The summed E-state index contributed by atoms with van der Waals surface area (Å²) in [5, 5.41) is 6.90. The van der Waals surface area contributed by atoms with E-state index in [0.717, 1.165) is 0 Å². The van der Waals surface area contributed by atoms with Gasteiger partial charge in [-0.25, -0.2) is 0 Å². The van der Waals surface area contributed by atoms with Gasteiger partial charge in [-0.3, -0.25) is 0 Å². The quantitative estimate of drug-likeness (QED) is 0.640. The maximum absolute atomic E-state index is 12.2. The van der Waals surface area contributed by atoms with E-state index in [9.17, 15) is 13.2 Å². The average molecular weight is 395 g/mol. The van der Waals surface area contributed by atoms with Gasteiger partial charge >= 0.3 is 6.36 Å². The first-order chi connectivity index (χ1) is 13.4. The number of hydrogen-bond donors (Lipinski definition) is 1. The van der Waals surface area contributed by atoms with E-state index in [1.807, 2.05) is 0 Å². The molecule has 2 aromatic carbocycles. The highest BCUT2D eigenvalue weighted by atomic mass is 19.4. The Hall–Kier alpha value is -3.43. The summed E-state index contributed by atoms with van der Waals surface area (Å²) >= 11 is 0. The molecule has 0 amide bonds. The number of methoxy groups -OCH3 is 2. The predicted octanol–water partition coefficient (Wildman–Crippen LogP) is 4.26. The first kappa shape index (κ1) is 19.3. The lowest BCUT2D eigenvalue weighted by Crippen LogP contribution is -2.17. The van der Waals surface area contributed by atoms with Gasteiger partial charge < -0.3 is 24.1 Å². The highest BCUT2D eigenvalue weighted by Gasteiger charge is 2.30. The molecule has 0 bridgehead atoms. The Morgan fingerprint density at radius 1 is 1.00 bits per heavy atom. The summed E-state index contributed by atoms with van der Waals surface area (Å²) in [7, 11) is 3.07. The van der Waals surface area contributed by atoms with Crippen molar-refractivity contribution in [3.8, 4) is 28.6 Å². The van der Waals surface area contributed by atoms with Crippen LogP contribution in [0.3, 0.4) is 0 Å². The van der Waals surface area contributed by atoms with E-state index < -0.39 is 6.36 Å². The fraction of sp³-hybridized carbons (Fsp3) is 0.222. The molecule has 0 radical (unpaired) electrons. The van der Waals surface area contributed by atoms with E-state index in [4.69, 9.17) is 14.0 Å². The molecule has 0 saturated carbocycles. The maximum atomic E-state index is 12.2. The molecule has 3 aromatic rings. The van der Waals surface area contributed by atoms with Crippen LogP contribution < -0.4 is 19.5 Å². The van der Waals surface area contributed by atoms with Crippen LogP contribution in [0.4, 0.5) is 18.9 Å². The molecule has 0 spiro atoms. The molecular weight excluding hydrogens is 379 g/mol. The number of ether oxygens (including phenoxy) is 3. The molecule has 10 heteroatoms. The van der Waals surface area contributed by atoms with Gasteiger partial charge in [0.15, 0.2) is 0 Å². The second kappa shape index (κ2) is 8.07. The summed E-state index contributed by atoms with van der Waals surface area (Å²) in [5.74, 6) is 1.49. The van der Waals surface area contributed by atoms with Gasteiger partial charge in [-0.15, -0.1) is 13.2 Å². The van der Waals surface area contributed by atoms with Crippen LogP contribution in [-0.4, -0.2) is 30.7 Å². The average Bonchev–Trinajstić information content (AvgIpc) is 3.14. The minimum Gasteiger partial charge on any atom is -0.497 e. The lowest BCUT2D eigenvalue weighted by molar-refractivity contribution is -0.274. The van der Waals surface area contributed by atoms with Gasteiger partial charge in [0.05, 0.1) is 26.3 Å². The van der Waals surface area contributed by atoms with Crippen molar-refractivity contribution in [1.29, 1.82) is 0 Å². The highest BCUT2D eigenvalue weighted by Crippen LogP contribution is 2.31. The number of alkyl halides is 3. The van der Waals surface area contributed by atoms with Crippen molar-refractivity contribution in [3.05, 3.63) is 48.4 Å². The van der Waals surface area contributed by atoms with Gasteiger partial charge in [0, 0.05) is 11.8 Å². The topological polar surface area (TPSA) is 78.6 Å². The fourth-order valence-corrected chi connectivity index (χ4v) is 2.37. The van der Waals surface area contributed by atoms with Gasteiger partial charge in [0.25, 0.3) is 0 Å². The monoisotopic (exact) mass is 395 g/mol. The summed E-state index contributed by atoms with van der Waals surface area (Å²) in [4.78, 5) is 4.29. The zero-order chi connectivity index (χ0) is 20.1. The first-order valence-electron chi connectivity index (χ1n) is 8.02. The number of rotatable bonds is 7. The summed E-state index contributed by atoms with van der Waals surface area (Å²) in [5.41, 5.74) is 1.20. The number of hydrogen-bond acceptors (Lipinski definition) is 7. The number of anilines is 1. The Kier molecular flexibility index (Phi) is 5.57. The summed E-state index contributed by atoms with van der Waals surface area (Å²) in [6, 6.07) is 10.5. The predicted molar refractivity (Wildman–Crippen MR) is 93.3 cm³/mol. The molecule has 7 nitrogen and oxygen atoms in total. The van der Waals surface area contributed by atoms with Crippen molar-refractivity contribution >= 4 is 5.69 Å². The molecule has 0 atom stereocenters. The van der Waals surface area contributed by atoms with E-state index in [-0.39, 0.29) is 12.3 Å². The first-order valence-corrected chi connectivity index (χ1v) is 8.02. The molecule has 0 saturated heterocycles. The third-order valence-electron chi connectivity index (χ3n) is 3.65. The number of nitrogens with one attached hydrogen (secondary N) is 1. The standard InChI is InChI=1S/C18H16F3N3O4/c1-25-13-7-8-14(15(9-13)26-2)17-23-16(28-24-17)10-22-11-3-5-12(6-4-11)27-18(19,20)21/h3-9,22H,10H2,1-2H3. The molecule has 3 rings (SSSR count). The largest absolute Gasteiger partial charge is 0.573 e. The maximum Gasteiger partial charge on any atom is 0.573 e. The Labute approximate surface area is 158 Å². The highest BCUT2D eigenvalue weighted by molar-refractivity contribution is 5.65. The van der Waals surface area contributed by atoms with Crippen LogP contribution >= 0.6 is 0 Å². The van der Waals surface area contributed by atoms with Crippen molar-refractivity contribution in [1.82, 2.24) is 10.1 Å². The minimum atomic E-state index is -4.72. The van der Waals surface area contributed by atoms with E-state index in [0.29, 0.717) is 34.5 Å². The summed E-state index contributed by atoms with van der Waals surface area (Å²) in [6.07, 6.45) is -4.72. The van der Waals surface area contributed by atoms with Crippen LogP contribution in [0, 0.1) is 0 Å². The Bertz CT molecular complexity index is 927. The number of aromatic nitrogens is 2. The second-order valence-corrected chi connectivity index (χ2v) is 5.50. The third-order valence-corrected chi connectivity index (χ3v) is 3.65. The van der Waals surface area contributed by atoms with E-state index >= 15 is 0 Å². The number of halogens is 3. The summed E-state index contributed by atoms with van der Waals surface area (Å²) < 4.78 is 56.0. The second-order valence-electron chi connectivity index (χ2n) is 5.50. The van der Waals surface area contributed by atoms with E-state index in [1.165, 1.54) is 31.4 Å². The molecule has 148 valence electrons. The Balaban J connectivity index is 1.65. The fourth-order valence-electron chi connectivity index (χ4n) is 2.37. The SMILES string of the molecule is COc1ccc(-c2noc(CNc3ccc(OC(F)(F)F)cc3)n2)c(OC)c1. The molecular formula is C18H16F3N3O4. The Morgan fingerprint density at radius 2 is 1.71 bits per heavy atom. The molecule has 0 unspecified atom stereocenters. The third kappa shape index (κ3) is 4.84. The van der Waals surface area contributed by atoms with Crippen molar-refractivity contribution in [2.24, 2.45) is 0 Å². The molecule has 28 heavy (non-hydrogen) atoms. The lowest BCUT2D eigenvalue weighted by atomic mass is 10.2. The normalized spacial score (nSPS) is 11.2. The van der Waals surface area contributed by atoms with Gasteiger partial charge in [0.1, 0.15) is 17.2 Å². The zero-order valence-electron chi connectivity index (χ0n) is 14.9. The number of nitrogens with zero attached hydrogens (tertiary/aromatic N) is 2. The van der Waals surface area contributed by atoms with E-state index in [2.05, 4.69) is 20.2 Å². The molecule has 1 aromatic heterocycles. The van der Waals surface area contributed by atoms with Crippen LogP contribution in [0.1, 0.15) is 5.89 Å². The van der Waals surface area contributed by atoms with Crippen LogP contribution in [0.15, 0.2) is 47.0 Å². The molecule has 1 N–H and O–H groups in total. The van der Waals surface area contributed by atoms with Crippen LogP contribution in [0.2, 0.25) is 0 Å². The van der Waals surface area contributed by atoms with Gasteiger partial charge in [0.2, 0.25) is 11.7 Å². The number of benzene rings is 2. The molecule has 0 aliphatic heterocycles. The van der Waals surface area contributed by atoms with Crippen LogP contribution in [-0.2, 0) is 6.54 Å². The smallest absolute Gasteiger partial charge is 0.497 e. The van der Waals surface area contributed by atoms with Crippen molar-refractivity contribution in [2.75, 3.05) is 19.5 Å². The molecule has 0 aliphatic rings. The van der Waals surface area contributed by atoms with Crippen LogP contribution in [0.5, 0.6) is 17.2 Å². The van der Waals surface area contributed by atoms with Gasteiger partial charge in [-0.1, -0.05) is 5.16 Å². The Morgan fingerprint density at radius 3 is 2.36 bits per heavy atom. The van der Waals surface area contributed by atoms with Gasteiger partial charge in [-0.2, -0.15) is 4.98 Å². The lowest BCUT2D eigenvalue weighted by Gasteiger charge is -2.09. The zero-order valence-corrected chi connectivity index (χ0v) is 14.9.